The number of fused-ring (bicyclic) bond motifs is 9. The second-order valence-corrected chi connectivity index (χ2v) is 14.0. The molecule has 7 heteroatoms. The fraction of sp³-hybridized carbons (Fsp3) is 0.0426. The van der Waals surface area contributed by atoms with Gasteiger partial charge in [-0.25, -0.2) is 4.98 Å². The van der Waals surface area contributed by atoms with Gasteiger partial charge >= 0.3 is 6.01 Å². The Balaban J connectivity index is 1.06. The van der Waals surface area contributed by atoms with E-state index in [0.29, 0.717) is 17.4 Å². The van der Waals surface area contributed by atoms with E-state index in [2.05, 4.69) is 138 Å². The lowest BCUT2D eigenvalue weighted by atomic mass is 10.1. The molecule has 11 aromatic rings. The zero-order chi connectivity index (χ0) is 35.9. The third-order valence-electron chi connectivity index (χ3n) is 10.6. The van der Waals surface area contributed by atoms with Gasteiger partial charge in [-0.1, -0.05) is 83.9 Å². The zero-order valence-electron chi connectivity index (χ0n) is 29.6. The van der Waals surface area contributed by atoms with Crippen molar-refractivity contribution in [2.75, 3.05) is 0 Å². The predicted molar refractivity (Wildman–Crippen MR) is 220 cm³/mol. The van der Waals surface area contributed by atoms with Crippen LogP contribution in [0.15, 0.2) is 146 Å². The van der Waals surface area contributed by atoms with E-state index in [1.54, 1.807) is 0 Å². The molecule has 0 spiro atoms. The smallest absolute Gasteiger partial charge is 0.326 e. The average molecular weight is 697 g/mol. The number of hydrogen-bond donors (Lipinski definition) is 2. The Morgan fingerprint density at radius 1 is 0.463 bits per heavy atom. The Morgan fingerprint density at radius 3 is 1.50 bits per heavy atom. The highest BCUT2D eigenvalue weighted by molar-refractivity contribution is 6.13. The van der Waals surface area contributed by atoms with Crippen LogP contribution in [0.4, 0.5) is 0 Å². The summed E-state index contributed by atoms with van der Waals surface area (Å²) in [5.74, 6) is 1.67. The van der Waals surface area contributed by atoms with Crippen molar-refractivity contribution in [3.05, 3.63) is 157 Å². The second kappa shape index (κ2) is 11.6. The maximum absolute atomic E-state index is 6.53. The van der Waals surface area contributed by atoms with Crippen molar-refractivity contribution in [1.29, 1.82) is 0 Å². The number of benzene rings is 7. The number of aryl methyl sites for hydroxylation is 2. The minimum absolute atomic E-state index is 0.215. The van der Waals surface area contributed by atoms with E-state index in [0.717, 1.165) is 60.4 Å². The Bertz CT molecular complexity index is 3090. The van der Waals surface area contributed by atoms with Crippen LogP contribution in [0.3, 0.4) is 0 Å². The van der Waals surface area contributed by atoms with Crippen LogP contribution in [-0.2, 0) is 0 Å². The summed E-state index contributed by atoms with van der Waals surface area (Å²) in [6.07, 6.45) is 0. The van der Waals surface area contributed by atoms with Gasteiger partial charge in [0, 0.05) is 60.2 Å². The van der Waals surface area contributed by atoms with E-state index in [1.807, 2.05) is 36.4 Å². The first-order valence-electron chi connectivity index (χ1n) is 18.1. The summed E-state index contributed by atoms with van der Waals surface area (Å²) >= 11 is 0. The van der Waals surface area contributed by atoms with Crippen molar-refractivity contribution >= 4 is 65.4 Å². The summed E-state index contributed by atoms with van der Waals surface area (Å²) in [6.45, 7) is 4.29. The van der Waals surface area contributed by atoms with Crippen LogP contribution in [0.25, 0.3) is 93.9 Å². The van der Waals surface area contributed by atoms with Crippen LogP contribution in [0.5, 0.6) is 11.8 Å². The van der Waals surface area contributed by atoms with E-state index < -0.39 is 0 Å². The molecule has 0 bridgehead atoms. The lowest BCUT2D eigenvalue weighted by Crippen LogP contribution is -2.01. The number of nitrogens with zero attached hydrogens (tertiary/aromatic N) is 4. The first-order valence-corrected chi connectivity index (χ1v) is 18.1. The number of nitrogens with one attached hydrogen (secondary N) is 2. The van der Waals surface area contributed by atoms with Gasteiger partial charge in [0.2, 0.25) is 0 Å². The van der Waals surface area contributed by atoms with Crippen molar-refractivity contribution < 1.29 is 4.74 Å². The van der Waals surface area contributed by atoms with Crippen molar-refractivity contribution in [2.45, 2.75) is 13.8 Å². The Labute approximate surface area is 309 Å². The normalized spacial score (nSPS) is 11.9. The van der Waals surface area contributed by atoms with E-state index >= 15 is 0 Å². The third kappa shape index (κ3) is 4.72. The highest BCUT2D eigenvalue weighted by Gasteiger charge is 2.19. The summed E-state index contributed by atoms with van der Waals surface area (Å²) in [4.78, 5) is 22.3. The van der Waals surface area contributed by atoms with Crippen molar-refractivity contribution in [2.24, 2.45) is 0 Å². The molecule has 2 N–H and O–H groups in total. The first-order chi connectivity index (χ1) is 26.6. The van der Waals surface area contributed by atoms with Crippen LogP contribution in [0, 0.1) is 13.8 Å². The summed E-state index contributed by atoms with van der Waals surface area (Å²) in [5.41, 5.74) is 11.6. The molecular weight excluding hydrogens is 665 g/mol. The van der Waals surface area contributed by atoms with Gasteiger partial charge in [0.1, 0.15) is 5.75 Å². The minimum atomic E-state index is 0.215. The molecule has 7 nitrogen and oxygen atoms in total. The van der Waals surface area contributed by atoms with Crippen LogP contribution < -0.4 is 4.74 Å². The number of para-hydroxylation sites is 4. The van der Waals surface area contributed by atoms with Gasteiger partial charge in [-0.2, -0.15) is 9.97 Å². The van der Waals surface area contributed by atoms with Gasteiger partial charge in [-0.3, -0.25) is 0 Å². The molecule has 4 heterocycles. The fourth-order valence-electron chi connectivity index (χ4n) is 8.06. The zero-order valence-corrected chi connectivity index (χ0v) is 29.6. The lowest BCUT2D eigenvalue weighted by Gasteiger charge is -2.12. The van der Waals surface area contributed by atoms with Crippen molar-refractivity contribution in [3.63, 3.8) is 0 Å². The summed E-state index contributed by atoms with van der Waals surface area (Å²) in [6, 6.07) is 50.8. The maximum atomic E-state index is 6.53. The standard InChI is InChI=1S/C47H32N6O/c1-27-17-23-41-37(25-27)38-26-28(2)18-24-42(38)53(41)29-19-21-30(22-20-29)54-47-51-45(35-13-7-11-33-31-9-3-5-15-39(31)48-43(33)35)50-46(52-47)36-14-8-12-34-32-10-4-6-16-40(32)49-44(34)36/h3-26,48-49H,1-2H3. The monoisotopic (exact) mass is 696 g/mol. The molecule has 0 amide bonds. The lowest BCUT2D eigenvalue weighted by molar-refractivity contribution is 0.441. The van der Waals surface area contributed by atoms with Crippen LogP contribution >= 0.6 is 0 Å². The van der Waals surface area contributed by atoms with Gasteiger partial charge in [0.25, 0.3) is 0 Å². The van der Waals surface area contributed by atoms with E-state index in [4.69, 9.17) is 19.7 Å². The molecule has 0 aliphatic heterocycles. The summed E-state index contributed by atoms with van der Waals surface area (Å²) in [7, 11) is 0. The molecule has 256 valence electrons. The molecule has 54 heavy (non-hydrogen) atoms. The molecule has 0 unspecified atom stereocenters. The molecule has 11 rings (SSSR count). The molecule has 0 saturated heterocycles. The minimum Gasteiger partial charge on any atom is -0.424 e. The Morgan fingerprint density at radius 2 is 0.963 bits per heavy atom. The van der Waals surface area contributed by atoms with E-state index in [9.17, 15) is 0 Å². The van der Waals surface area contributed by atoms with Crippen LogP contribution in [-0.4, -0.2) is 29.5 Å². The number of hydrogen-bond acceptors (Lipinski definition) is 4. The van der Waals surface area contributed by atoms with Crippen molar-refractivity contribution in [3.8, 4) is 40.2 Å². The number of rotatable bonds is 5. The molecule has 0 atom stereocenters. The van der Waals surface area contributed by atoms with Gasteiger partial charge in [0.05, 0.1) is 22.1 Å². The highest BCUT2D eigenvalue weighted by Crippen LogP contribution is 2.37. The fourth-order valence-corrected chi connectivity index (χ4v) is 8.06. The number of H-pyrrole nitrogens is 2. The molecule has 0 radical (unpaired) electrons. The summed E-state index contributed by atoms with van der Waals surface area (Å²) in [5, 5.41) is 7.00. The largest absolute Gasteiger partial charge is 0.424 e. The quantitative estimate of drug-likeness (QED) is 0.188. The highest BCUT2D eigenvalue weighted by atomic mass is 16.5. The number of aromatic nitrogens is 6. The maximum Gasteiger partial charge on any atom is 0.326 e. The molecule has 0 aliphatic rings. The predicted octanol–water partition coefficient (Wildman–Crippen LogP) is 12.0. The van der Waals surface area contributed by atoms with E-state index in [-0.39, 0.29) is 6.01 Å². The molecule has 0 aliphatic carbocycles. The van der Waals surface area contributed by atoms with Gasteiger partial charge in [-0.15, -0.1) is 0 Å². The molecular formula is C47H32N6O. The molecule has 0 fully saturated rings. The molecule has 0 saturated carbocycles. The first kappa shape index (κ1) is 30.4. The van der Waals surface area contributed by atoms with Gasteiger partial charge in [-0.05, 0) is 86.6 Å². The van der Waals surface area contributed by atoms with Gasteiger partial charge < -0.3 is 19.3 Å². The van der Waals surface area contributed by atoms with Crippen LogP contribution in [0.1, 0.15) is 11.1 Å². The Kier molecular flexibility index (Phi) is 6.54. The summed E-state index contributed by atoms with van der Waals surface area (Å²) < 4.78 is 8.85. The average Bonchev–Trinajstić information content (AvgIpc) is 3.87. The Hall–Kier alpha value is -7.25. The number of ether oxygens (including phenoxy) is 1. The molecule has 7 aromatic carbocycles. The second-order valence-electron chi connectivity index (χ2n) is 14.0. The van der Waals surface area contributed by atoms with Crippen molar-refractivity contribution in [1.82, 2.24) is 29.5 Å². The third-order valence-corrected chi connectivity index (χ3v) is 10.6. The SMILES string of the molecule is Cc1ccc2c(c1)c1cc(C)ccc1n2-c1ccc(Oc2nc(-c3cccc4c3[nH]c3ccccc34)nc(-c3cccc4c3[nH]c3ccccc34)n2)cc1. The molecule has 4 aromatic heterocycles. The van der Waals surface area contributed by atoms with Gasteiger partial charge in [0.15, 0.2) is 11.6 Å². The topological polar surface area (TPSA) is 84.4 Å². The van der Waals surface area contributed by atoms with Crippen LogP contribution in [0.2, 0.25) is 0 Å². The van der Waals surface area contributed by atoms with E-state index in [1.165, 1.54) is 32.9 Å². The number of aromatic amines is 2.